The maximum atomic E-state index is 13.2. The number of benzene rings is 2. The SMILES string of the molecule is Fc1cc(F)cc(CNc2cccc3c2CCCC3)c1. The molecule has 1 N–H and O–H groups in total. The van der Waals surface area contributed by atoms with Crippen molar-refractivity contribution in [2.45, 2.75) is 32.2 Å². The Morgan fingerprint density at radius 3 is 2.50 bits per heavy atom. The van der Waals surface area contributed by atoms with Gasteiger partial charge in [0.05, 0.1) is 0 Å². The molecule has 3 rings (SSSR count). The van der Waals surface area contributed by atoms with Gasteiger partial charge in [-0.15, -0.1) is 0 Å². The van der Waals surface area contributed by atoms with Crippen LogP contribution in [0.15, 0.2) is 36.4 Å². The number of anilines is 1. The molecule has 0 aromatic heterocycles. The second-order valence-corrected chi connectivity index (χ2v) is 5.28. The fourth-order valence-corrected chi connectivity index (χ4v) is 2.86. The van der Waals surface area contributed by atoms with Gasteiger partial charge in [-0.2, -0.15) is 0 Å². The van der Waals surface area contributed by atoms with Crippen LogP contribution in [0.1, 0.15) is 29.5 Å². The van der Waals surface area contributed by atoms with E-state index in [1.807, 2.05) is 12.1 Å². The molecule has 0 fully saturated rings. The van der Waals surface area contributed by atoms with Crippen LogP contribution >= 0.6 is 0 Å². The molecule has 0 radical (unpaired) electrons. The van der Waals surface area contributed by atoms with Crippen LogP contribution in [0.3, 0.4) is 0 Å². The Morgan fingerprint density at radius 1 is 0.950 bits per heavy atom. The molecule has 0 saturated carbocycles. The summed E-state index contributed by atoms with van der Waals surface area (Å²) < 4.78 is 26.3. The van der Waals surface area contributed by atoms with E-state index in [9.17, 15) is 8.78 Å². The van der Waals surface area contributed by atoms with Crippen molar-refractivity contribution in [2.75, 3.05) is 5.32 Å². The molecule has 1 nitrogen and oxygen atoms in total. The van der Waals surface area contributed by atoms with Crippen LogP contribution < -0.4 is 5.32 Å². The molecule has 0 atom stereocenters. The number of rotatable bonds is 3. The summed E-state index contributed by atoms with van der Waals surface area (Å²) in [4.78, 5) is 0. The summed E-state index contributed by atoms with van der Waals surface area (Å²) in [6.07, 6.45) is 4.65. The minimum Gasteiger partial charge on any atom is -0.381 e. The number of hydrogen-bond donors (Lipinski definition) is 1. The molecule has 0 unspecified atom stereocenters. The molecule has 0 bridgehead atoms. The van der Waals surface area contributed by atoms with Crippen LogP contribution in [0.2, 0.25) is 0 Å². The average molecular weight is 273 g/mol. The van der Waals surface area contributed by atoms with E-state index in [0.717, 1.165) is 24.6 Å². The molecule has 0 saturated heterocycles. The maximum Gasteiger partial charge on any atom is 0.126 e. The van der Waals surface area contributed by atoms with Crippen LogP contribution in [0.25, 0.3) is 0 Å². The lowest BCUT2D eigenvalue weighted by Gasteiger charge is -2.20. The predicted molar refractivity (Wildman–Crippen MR) is 76.8 cm³/mol. The van der Waals surface area contributed by atoms with Crippen LogP contribution in [0, 0.1) is 11.6 Å². The first-order valence-corrected chi connectivity index (χ1v) is 7.02. The second-order valence-electron chi connectivity index (χ2n) is 5.28. The smallest absolute Gasteiger partial charge is 0.126 e. The Bertz CT molecular complexity index is 602. The van der Waals surface area contributed by atoms with Gasteiger partial charge in [0.2, 0.25) is 0 Å². The first kappa shape index (κ1) is 13.1. The zero-order chi connectivity index (χ0) is 13.9. The predicted octanol–water partition coefficient (Wildman–Crippen LogP) is 4.46. The van der Waals surface area contributed by atoms with Crippen LogP contribution in [0.4, 0.5) is 14.5 Å². The van der Waals surface area contributed by atoms with Gasteiger partial charge in [-0.05, 0) is 60.6 Å². The van der Waals surface area contributed by atoms with Gasteiger partial charge in [0.25, 0.3) is 0 Å². The summed E-state index contributed by atoms with van der Waals surface area (Å²) in [6.45, 7) is 0.436. The number of nitrogens with one attached hydrogen (secondary N) is 1. The molecule has 0 amide bonds. The summed E-state index contributed by atoms with van der Waals surface area (Å²) in [7, 11) is 0. The van der Waals surface area contributed by atoms with Gasteiger partial charge in [0, 0.05) is 18.3 Å². The van der Waals surface area contributed by atoms with E-state index in [2.05, 4.69) is 11.4 Å². The molecule has 1 aliphatic rings. The number of halogens is 2. The van der Waals surface area contributed by atoms with Gasteiger partial charge in [0.1, 0.15) is 11.6 Å². The van der Waals surface area contributed by atoms with E-state index >= 15 is 0 Å². The number of aryl methyl sites for hydroxylation is 1. The zero-order valence-electron chi connectivity index (χ0n) is 11.3. The van der Waals surface area contributed by atoms with Crippen molar-refractivity contribution >= 4 is 5.69 Å². The molecule has 2 aromatic rings. The topological polar surface area (TPSA) is 12.0 Å². The summed E-state index contributed by atoms with van der Waals surface area (Å²) in [5.74, 6) is -1.06. The van der Waals surface area contributed by atoms with Crippen LogP contribution in [-0.4, -0.2) is 0 Å². The highest BCUT2D eigenvalue weighted by molar-refractivity contribution is 5.55. The summed E-state index contributed by atoms with van der Waals surface area (Å²) in [5.41, 5.74) is 4.46. The summed E-state index contributed by atoms with van der Waals surface area (Å²) in [5, 5.41) is 3.31. The highest BCUT2D eigenvalue weighted by Crippen LogP contribution is 2.28. The number of hydrogen-bond acceptors (Lipinski definition) is 1. The zero-order valence-corrected chi connectivity index (χ0v) is 11.3. The highest BCUT2D eigenvalue weighted by Gasteiger charge is 2.12. The van der Waals surface area contributed by atoms with Crippen molar-refractivity contribution in [1.82, 2.24) is 0 Å². The quantitative estimate of drug-likeness (QED) is 0.870. The molecule has 0 aliphatic heterocycles. The van der Waals surface area contributed by atoms with Gasteiger partial charge in [-0.3, -0.25) is 0 Å². The molecule has 2 aromatic carbocycles. The van der Waals surface area contributed by atoms with Gasteiger partial charge in [0.15, 0.2) is 0 Å². The first-order chi connectivity index (χ1) is 9.72. The lowest BCUT2D eigenvalue weighted by atomic mass is 9.90. The molecule has 0 heterocycles. The van der Waals surface area contributed by atoms with Crippen molar-refractivity contribution in [3.63, 3.8) is 0 Å². The van der Waals surface area contributed by atoms with E-state index in [1.165, 1.54) is 36.1 Å². The average Bonchev–Trinajstić information content (AvgIpc) is 2.44. The van der Waals surface area contributed by atoms with Crippen molar-refractivity contribution in [1.29, 1.82) is 0 Å². The fourth-order valence-electron chi connectivity index (χ4n) is 2.86. The maximum absolute atomic E-state index is 13.2. The van der Waals surface area contributed by atoms with E-state index in [0.29, 0.717) is 12.1 Å². The van der Waals surface area contributed by atoms with E-state index in [-0.39, 0.29) is 0 Å². The van der Waals surface area contributed by atoms with Gasteiger partial charge in [-0.1, -0.05) is 12.1 Å². The Hall–Kier alpha value is -1.90. The van der Waals surface area contributed by atoms with Gasteiger partial charge < -0.3 is 5.32 Å². The Morgan fingerprint density at radius 2 is 1.70 bits per heavy atom. The fraction of sp³-hybridized carbons (Fsp3) is 0.294. The largest absolute Gasteiger partial charge is 0.381 e. The minimum absolute atomic E-state index is 0.436. The molecular formula is C17H17F2N. The van der Waals surface area contributed by atoms with E-state index in [1.54, 1.807) is 0 Å². The lowest BCUT2D eigenvalue weighted by molar-refractivity contribution is 0.580. The molecular weight excluding hydrogens is 256 g/mol. The molecule has 3 heteroatoms. The van der Waals surface area contributed by atoms with Crippen molar-refractivity contribution in [3.8, 4) is 0 Å². The van der Waals surface area contributed by atoms with Crippen molar-refractivity contribution in [2.24, 2.45) is 0 Å². The highest BCUT2D eigenvalue weighted by atomic mass is 19.1. The van der Waals surface area contributed by atoms with E-state index in [4.69, 9.17) is 0 Å². The standard InChI is InChI=1S/C17H17F2N/c18-14-8-12(9-15(19)10-14)11-20-17-7-3-5-13-4-1-2-6-16(13)17/h3,5,7-10,20H,1-2,4,6,11H2. The summed E-state index contributed by atoms with van der Waals surface area (Å²) >= 11 is 0. The van der Waals surface area contributed by atoms with E-state index < -0.39 is 11.6 Å². The normalized spacial score (nSPS) is 13.9. The Balaban J connectivity index is 1.78. The minimum atomic E-state index is -0.531. The lowest BCUT2D eigenvalue weighted by Crippen LogP contribution is -2.08. The molecule has 0 spiro atoms. The monoisotopic (exact) mass is 273 g/mol. The second kappa shape index (κ2) is 5.61. The number of fused-ring (bicyclic) bond motifs is 1. The first-order valence-electron chi connectivity index (χ1n) is 7.02. The van der Waals surface area contributed by atoms with Crippen molar-refractivity contribution < 1.29 is 8.78 Å². The molecule has 1 aliphatic carbocycles. The van der Waals surface area contributed by atoms with Crippen LogP contribution in [0.5, 0.6) is 0 Å². The third-order valence-corrected chi connectivity index (χ3v) is 3.80. The Kier molecular flexibility index (Phi) is 3.68. The summed E-state index contributed by atoms with van der Waals surface area (Å²) in [6, 6.07) is 9.88. The van der Waals surface area contributed by atoms with Crippen molar-refractivity contribution in [3.05, 3.63) is 64.7 Å². The third-order valence-electron chi connectivity index (χ3n) is 3.80. The third kappa shape index (κ3) is 2.82. The molecule has 20 heavy (non-hydrogen) atoms. The van der Waals surface area contributed by atoms with Crippen LogP contribution in [-0.2, 0) is 19.4 Å². The van der Waals surface area contributed by atoms with Gasteiger partial charge in [-0.25, -0.2) is 8.78 Å². The molecule has 104 valence electrons. The van der Waals surface area contributed by atoms with Gasteiger partial charge >= 0.3 is 0 Å². The Labute approximate surface area is 117 Å².